The van der Waals surface area contributed by atoms with Crippen molar-refractivity contribution in [3.8, 4) is 5.75 Å². The lowest BCUT2D eigenvalue weighted by Crippen LogP contribution is -2.20. The fourth-order valence-electron chi connectivity index (χ4n) is 1.91. The third kappa shape index (κ3) is 3.66. The molecule has 0 saturated carbocycles. The highest BCUT2D eigenvalue weighted by Gasteiger charge is 2.07. The summed E-state index contributed by atoms with van der Waals surface area (Å²) in [5.41, 5.74) is 9.90. The number of ether oxygens (including phenoxy) is 1. The number of nitrogens with one attached hydrogen (secondary N) is 2. The zero-order chi connectivity index (χ0) is 15.4. The Labute approximate surface area is 124 Å². The van der Waals surface area contributed by atoms with E-state index in [9.17, 15) is 4.79 Å². The van der Waals surface area contributed by atoms with Gasteiger partial charge in [0.05, 0.1) is 18.5 Å². The van der Waals surface area contributed by atoms with Gasteiger partial charge in [0.15, 0.2) is 0 Å². The van der Waals surface area contributed by atoms with Gasteiger partial charge < -0.3 is 21.1 Å². The Kier molecular flexibility index (Phi) is 4.33. The maximum Gasteiger partial charge on any atom is 0.323 e. The highest BCUT2D eigenvalue weighted by molar-refractivity contribution is 6.01. The van der Waals surface area contributed by atoms with E-state index in [2.05, 4.69) is 10.6 Å². The number of carbonyl (C=O) groups is 1. The normalized spacial score (nSPS) is 10.0. The Morgan fingerprint density at radius 3 is 2.29 bits per heavy atom. The highest BCUT2D eigenvalue weighted by atomic mass is 16.5. The average Bonchev–Trinajstić information content (AvgIpc) is 2.45. The summed E-state index contributed by atoms with van der Waals surface area (Å²) in [6.45, 7) is 3.95. The molecule has 0 radical (unpaired) electrons. The topological polar surface area (TPSA) is 76.4 Å². The number of urea groups is 1. The third-order valence-electron chi connectivity index (χ3n) is 3.26. The monoisotopic (exact) mass is 285 g/mol. The van der Waals surface area contributed by atoms with Crippen LogP contribution in [-0.2, 0) is 0 Å². The fraction of sp³-hybridized carbons (Fsp3) is 0.188. The summed E-state index contributed by atoms with van der Waals surface area (Å²) >= 11 is 0. The molecule has 4 N–H and O–H groups in total. The quantitative estimate of drug-likeness (QED) is 0.755. The van der Waals surface area contributed by atoms with Gasteiger partial charge in [0.2, 0.25) is 0 Å². The Morgan fingerprint density at radius 2 is 1.67 bits per heavy atom. The fourth-order valence-corrected chi connectivity index (χ4v) is 1.91. The van der Waals surface area contributed by atoms with E-state index in [1.165, 1.54) is 0 Å². The summed E-state index contributed by atoms with van der Waals surface area (Å²) in [6.07, 6.45) is 0. The smallest absolute Gasteiger partial charge is 0.323 e. The molecule has 0 aliphatic heterocycles. The van der Waals surface area contributed by atoms with Crippen LogP contribution in [0.1, 0.15) is 11.1 Å². The first-order valence-corrected chi connectivity index (χ1v) is 6.58. The lowest BCUT2D eigenvalue weighted by molar-refractivity contribution is 0.262. The zero-order valence-electron chi connectivity index (χ0n) is 12.4. The van der Waals surface area contributed by atoms with Gasteiger partial charge in [-0.05, 0) is 61.4 Å². The number of hydrogen-bond acceptors (Lipinski definition) is 3. The molecule has 0 heterocycles. The summed E-state index contributed by atoms with van der Waals surface area (Å²) in [5, 5.41) is 5.49. The van der Waals surface area contributed by atoms with Crippen molar-refractivity contribution in [2.75, 3.05) is 23.5 Å². The molecule has 0 saturated heterocycles. The molecule has 5 nitrogen and oxygen atoms in total. The second-order valence-electron chi connectivity index (χ2n) is 4.83. The Bertz CT molecular complexity index is 651. The standard InChI is InChI=1S/C16H19N3O2/c1-10-8-14(17)15(9-11(10)2)19-16(20)18-12-4-6-13(21-3)7-5-12/h4-9H,17H2,1-3H3,(H2,18,19,20). The molecule has 2 amide bonds. The number of anilines is 3. The molecule has 2 rings (SSSR count). The van der Waals surface area contributed by atoms with E-state index in [0.717, 1.165) is 16.9 Å². The van der Waals surface area contributed by atoms with Crippen LogP contribution in [0.3, 0.4) is 0 Å². The van der Waals surface area contributed by atoms with Crippen molar-refractivity contribution in [1.82, 2.24) is 0 Å². The number of amides is 2. The second-order valence-corrected chi connectivity index (χ2v) is 4.83. The van der Waals surface area contributed by atoms with E-state index in [4.69, 9.17) is 10.5 Å². The van der Waals surface area contributed by atoms with Crippen molar-refractivity contribution in [3.63, 3.8) is 0 Å². The van der Waals surface area contributed by atoms with E-state index in [1.807, 2.05) is 26.0 Å². The van der Waals surface area contributed by atoms with Crippen LogP contribution in [0.2, 0.25) is 0 Å². The van der Waals surface area contributed by atoms with Crippen molar-refractivity contribution < 1.29 is 9.53 Å². The lowest BCUT2D eigenvalue weighted by Gasteiger charge is -2.12. The number of nitrogens with two attached hydrogens (primary N) is 1. The van der Waals surface area contributed by atoms with E-state index in [0.29, 0.717) is 17.1 Å². The number of methoxy groups -OCH3 is 1. The summed E-state index contributed by atoms with van der Waals surface area (Å²) in [5.74, 6) is 0.736. The average molecular weight is 285 g/mol. The van der Waals surface area contributed by atoms with E-state index < -0.39 is 0 Å². The molecule has 2 aromatic rings. The summed E-state index contributed by atoms with van der Waals surface area (Å²) < 4.78 is 5.07. The van der Waals surface area contributed by atoms with Crippen LogP contribution in [0.4, 0.5) is 21.9 Å². The highest BCUT2D eigenvalue weighted by Crippen LogP contribution is 2.23. The van der Waals surface area contributed by atoms with Gasteiger partial charge in [0.25, 0.3) is 0 Å². The molecular formula is C16H19N3O2. The van der Waals surface area contributed by atoms with Crippen molar-refractivity contribution in [3.05, 3.63) is 47.5 Å². The zero-order valence-corrected chi connectivity index (χ0v) is 12.4. The molecule has 21 heavy (non-hydrogen) atoms. The molecule has 5 heteroatoms. The molecule has 0 aliphatic rings. The maximum absolute atomic E-state index is 12.0. The first-order chi connectivity index (χ1) is 9.99. The molecule has 2 aromatic carbocycles. The number of aryl methyl sites for hydroxylation is 2. The van der Waals surface area contributed by atoms with E-state index in [-0.39, 0.29) is 6.03 Å². The van der Waals surface area contributed by atoms with Crippen LogP contribution in [-0.4, -0.2) is 13.1 Å². The SMILES string of the molecule is COc1ccc(NC(=O)Nc2cc(C)c(C)cc2N)cc1. The summed E-state index contributed by atoms with van der Waals surface area (Å²) in [4.78, 5) is 12.0. The number of nitrogen functional groups attached to an aromatic ring is 1. The minimum Gasteiger partial charge on any atom is -0.497 e. The predicted molar refractivity (Wildman–Crippen MR) is 86.0 cm³/mol. The minimum absolute atomic E-state index is 0.338. The van der Waals surface area contributed by atoms with E-state index in [1.54, 1.807) is 31.4 Å². The molecule has 0 aliphatic carbocycles. The number of benzene rings is 2. The molecule has 110 valence electrons. The molecule has 0 atom stereocenters. The maximum atomic E-state index is 12.0. The molecule has 0 spiro atoms. The minimum atomic E-state index is -0.338. The van der Waals surface area contributed by atoms with Crippen molar-refractivity contribution in [1.29, 1.82) is 0 Å². The molecule has 0 fully saturated rings. The Morgan fingerprint density at radius 1 is 1.05 bits per heavy atom. The second kappa shape index (κ2) is 6.17. The molecular weight excluding hydrogens is 266 g/mol. The van der Waals surface area contributed by atoms with Gasteiger partial charge in [-0.25, -0.2) is 4.79 Å². The van der Waals surface area contributed by atoms with Crippen LogP contribution < -0.4 is 21.1 Å². The van der Waals surface area contributed by atoms with Gasteiger partial charge in [0, 0.05) is 5.69 Å². The van der Waals surface area contributed by atoms with Crippen LogP contribution in [0, 0.1) is 13.8 Å². The van der Waals surface area contributed by atoms with E-state index >= 15 is 0 Å². The van der Waals surface area contributed by atoms with Crippen LogP contribution in [0.5, 0.6) is 5.75 Å². The molecule has 0 aromatic heterocycles. The Balaban J connectivity index is 2.06. The lowest BCUT2D eigenvalue weighted by atomic mass is 10.1. The van der Waals surface area contributed by atoms with Gasteiger partial charge in [-0.15, -0.1) is 0 Å². The third-order valence-corrected chi connectivity index (χ3v) is 3.26. The first-order valence-electron chi connectivity index (χ1n) is 6.58. The summed E-state index contributed by atoms with van der Waals surface area (Å²) in [7, 11) is 1.59. The van der Waals surface area contributed by atoms with Gasteiger partial charge in [-0.1, -0.05) is 0 Å². The van der Waals surface area contributed by atoms with Gasteiger partial charge in [-0.3, -0.25) is 0 Å². The van der Waals surface area contributed by atoms with Crippen LogP contribution >= 0.6 is 0 Å². The first kappa shape index (κ1) is 14.7. The van der Waals surface area contributed by atoms with Crippen LogP contribution in [0.15, 0.2) is 36.4 Å². The van der Waals surface area contributed by atoms with Gasteiger partial charge in [-0.2, -0.15) is 0 Å². The molecule has 0 bridgehead atoms. The predicted octanol–water partition coefficient (Wildman–Crippen LogP) is 3.54. The largest absolute Gasteiger partial charge is 0.497 e. The van der Waals surface area contributed by atoms with Gasteiger partial charge in [0.1, 0.15) is 5.75 Å². The Hall–Kier alpha value is -2.69. The number of hydrogen-bond donors (Lipinski definition) is 3. The van der Waals surface area contributed by atoms with Gasteiger partial charge >= 0.3 is 6.03 Å². The van der Waals surface area contributed by atoms with Crippen LogP contribution in [0.25, 0.3) is 0 Å². The number of rotatable bonds is 3. The van der Waals surface area contributed by atoms with Crippen molar-refractivity contribution in [2.24, 2.45) is 0 Å². The summed E-state index contributed by atoms with van der Waals surface area (Å²) in [6, 6.07) is 10.5. The number of carbonyl (C=O) groups excluding carboxylic acids is 1. The molecule has 0 unspecified atom stereocenters. The van der Waals surface area contributed by atoms with Crippen molar-refractivity contribution in [2.45, 2.75) is 13.8 Å². The van der Waals surface area contributed by atoms with Crippen molar-refractivity contribution >= 4 is 23.1 Å².